The molecular weight excluding hydrogens is 254 g/mol. The van der Waals surface area contributed by atoms with Gasteiger partial charge in [0.2, 0.25) is 0 Å². The molecule has 1 amide bonds. The summed E-state index contributed by atoms with van der Waals surface area (Å²) in [6.07, 6.45) is 3.28. The number of ether oxygens (including phenoxy) is 1. The van der Waals surface area contributed by atoms with E-state index in [0.717, 1.165) is 11.1 Å². The molecule has 0 fully saturated rings. The maximum atomic E-state index is 11.9. The summed E-state index contributed by atoms with van der Waals surface area (Å²) in [5, 5.41) is 10.3. The molecule has 0 aliphatic rings. The summed E-state index contributed by atoms with van der Waals surface area (Å²) in [5.74, 6) is 0.192. The largest absolute Gasteiger partial charge is 0.507 e. The molecule has 4 nitrogen and oxygen atoms in total. The van der Waals surface area contributed by atoms with Crippen molar-refractivity contribution in [2.24, 2.45) is 0 Å². The SMILES string of the molecule is C=CCc1c(N(CC=C)C(=O)OC)cc(C)c(C)c1O. The first-order valence-electron chi connectivity index (χ1n) is 6.37. The van der Waals surface area contributed by atoms with Crippen molar-refractivity contribution in [3.05, 3.63) is 48.1 Å². The number of amides is 1. The standard InChI is InChI=1S/C16H21NO3/c1-6-8-13-14(10-11(3)12(4)15(13)18)17(9-7-2)16(19)20-5/h6-7,10,18H,1-2,8-9H2,3-5H3. The van der Waals surface area contributed by atoms with Gasteiger partial charge in [0.1, 0.15) is 5.75 Å². The number of phenolic OH excluding ortho intramolecular Hbond substituents is 1. The van der Waals surface area contributed by atoms with Crippen LogP contribution >= 0.6 is 0 Å². The van der Waals surface area contributed by atoms with Crippen LogP contribution in [0, 0.1) is 13.8 Å². The van der Waals surface area contributed by atoms with Gasteiger partial charge in [0.25, 0.3) is 0 Å². The van der Waals surface area contributed by atoms with Crippen molar-refractivity contribution in [3.63, 3.8) is 0 Å². The molecule has 20 heavy (non-hydrogen) atoms. The molecule has 1 aromatic carbocycles. The van der Waals surface area contributed by atoms with E-state index in [1.807, 2.05) is 19.9 Å². The second-order valence-electron chi connectivity index (χ2n) is 4.53. The van der Waals surface area contributed by atoms with Crippen LogP contribution in [0.15, 0.2) is 31.4 Å². The van der Waals surface area contributed by atoms with Gasteiger partial charge in [-0.1, -0.05) is 12.2 Å². The van der Waals surface area contributed by atoms with Crippen molar-refractivity contribution in [3.8, 4) is 5.75 Å². The molecule has 0 unspecified atom stereocenters. The second kappa shape index (κ2) is 6.80. The summed E-state index contributed by atoms with van der Waals surface area (Å²) in [6, 6.07) is 1.87. The minimum Gasteiger partial charge on any atom is -0.507 e. The molecule has 0 aliphatic carbocycles. The number of aromatic hydroxyl groups is 1. The van der Waals surface area contributed by atoms with Crippen LogP contribution in [-0.4, -0.2) is 24.9 Å². The monoisotopic (exact) mass is 275 g/mol. The highest BCUT2D eigenvalue weighted by molar-refractivity contribution is 5.90. The van der Waals surface area contributed by atoms with Gasteiger partial charge in [-0.25, -0.2) is 4.79 Å². The Morgan fingerprint density at radius 1 is 1.40 bits per heavy atom. The van der Waals surface area contributed by atoms with Crippen LogP contribution in [0.2, 0.25) is 0 Å². The van der Waals surface area contributed by atoms with Crippen LogP contribution in [-0.2, 0) is 11.2 Å². The van der Waals surface area contributed by atoms with E-state index in [0.29, 0.717) is 24.2 Å². The number of allylic oxidation sites excluding steroid dienone is 1. The highest BCUT2D eigenvalue weighted by Crippen LogP contribution is 2.35. The third-order valence-corrected chi connectivity index (χ3v) is 3.24. The number of rotatable bonds is 5. The van der Waals surface area contributed by atoms with E-state index in [9.17, 15) is 9.90 Å². The Labute approximate surface area is 120 Å². The topological polar surface area (TPSA) is 49.8 Å². The number of carbonyl (C=O) groups is 1. The average molecular weight is 275 g/mol. The predicted molar refractivity (Wildman–Crippen MR) is 81.4 cm³/mol. The molecule has 0 radical (unpaired) electrons. The van der Waals surface area contributed by atoms with Gasteiger partial charge in [0, 0.05) is 12.1 Å². The van der Waals surface area contributed by atoms with E-state index in [1.54, 1.807) is 12.2 Å². The smallest absolute Gasteiger partial charge is 0.414 e. The number of benzene rings is 1. The molecule has 4 heteroatoms. The van der Waals surface area contributed by atoms with Gasteiger partial charge < -0.3 is 9.84 Å². The predicted octanol–water partition coefficient (Wildman–Crippen LogP) is 3.50. The van der Waals surface area contributed by atoms with E-state index in [-0.39, 0.29) is 5.75 Å². The Hall–Kier alpha value is -2.23. The first kappa shape index (κ1) is 15.8. The van der Waals surface area contributed by atoms with Crippen LogP contribution < -0.4 is 4.90 Å². The lowest BCUT2D eigenvalue weighted by Gasteiger charge is -2.24. The van der Waals surface area contributed by atoms with Gasteiger partial charge in [0.15, 0.2) is 0 Å². The number of nitrogens with zero attached hydrogens (tertiary/aromatic N) is 1. The van der Waals surface area contributed by atoms with Gasteiger partial charge in [0.05, 0.1) is 12.8 Å². The fourth-order valence-electron chi connectivity index (χ4n) is 2.03. The molecule has 1 N–H and O–H groups in total. The van der Waals surface area contributed by atoms with E-state index in [1.165, 1.54) is 12.0 Å². The molecule has 1 aromatic rings. The zero-order chi connectivity index (χ0) is 15.3. The van der Waals surface area contributed by atoms with Gasteiger partial charge >= 0.3 is 6.09 Å². The van der Waals surface area contributed by atoms with E-state index in [2.05, 4.69) is 13.2 Å². The Bertz CT molecular complexity index is 535. The molecule has 0 saturated heterocycles. The van der Waals surface area contributed by atoms with Crippen molar-refractivity contribution >= 4 is 11.8 Å². The molecule has 1 rings (SSSR count). The van der Waals surface area contributed by atoms with Gasteiger partial charge in [-0.2, -0.15) is 0 Å². The Morgan fingerprint density at radius 2 is 2.05 bits per heavy atom. The number of phenols is 1. The highest BCUT2D eigenvalue weighted by atomic mass is 16.5. The number of aryl methyl sites for hydroxylation is 1. The number of hydrogen-bond donors (Lipinski definition) is 1. The lowest BCUT2D eigenvalue weighted by Crippen LogP contribution is -2.31. The molecule has 108 valence electrons. The van der Waals surface area contributed by atoms with E-state index in [4.69, 9.17) is 4.74 Å². The molecule has 0 bridgehead atoms. The van der Waals surface area contributed by atoms with Crippen molar-refractivity contribution in [2.45, 2.75) is 20.3 Å². The minimum absolute atomic E-state index is 0.192. The minimum atomic E-state index is -0.488. The molecule has 0 saturated carbocycles. The number of anilines is 1. The van der Waals surface area contributed by atoms with Crippen LogP contribution in [0.25, 0.3) is 0 Å². The third kappa shape index (κ3) is 3.02. The molecule has 0 heterocycles. The summed E-state index contributed by atoms with van der Waals surface area (Å²) in [4.78, 5) is 13.4. The maximum absolute atomic E-state index is 11.9. The summed E-state index contributed by atoms with van der Waals surface area (Å²) in [5.41, 5.74) is 2.99. The zero-order valence-electron chi connectivity index (χ0n) is 12.3. The van der Waals surface area contributed by atoms with Crippen LogP contribution in [0.1, 0.15) is 16.7 Å². The Kier molecular flexibility index (Phi) is 5.38. The Morgan fingerprint density at radius 3 is 2.55 bits per heavy atom. The van der Waals surface area contributed by atoms with Gasteiger partial charge in [-0.05, 0) is 37.5 Å². The normalized spacial score (nSPS) is 9.95. The lowest BCUT2D eigenvalue weighted by molar-refractivity contribution is 0.179. The average Bonchev–Trinajstić information content (AvgIpc) is 2.44. The molecule has 0 spiro atoms. The van der Waals surface area contributed by atoms with E-state index >= 15 is 0 Å². The van der Waals surface area contributed by atoms with Crippen molar-refractivity contribution in [1.29, 1.82) is 0 Å². The van der Waals surface area contributed by atoms with Crippen molar-refractivity contribution in [2.75, 3.05) is 18.6 Å². The lowest BCUT2D eigenvalue weighted by atomic mass is 9.99. The van der Waals surface area contributed by atoms with Crippen LogP contribution in [0.3, 0.4) is 0 Å². The second-order valence-corrected chi connectivity index (χ2v) is 4.53. The fourth-order valence-corrected chi connectivity index (χ4v) is 2.03. The zero-order valence-corrected chi connectivity index (χ0v) is 12.3. The molecule has 0 aliphatic heterocycles. The Balaban J connectivity index is 3.49. The van der Waals surface area contributed by atoms with Crippen molar-refractivity contribution in [1.82, 2.24) is 0 Å². The number of hydrogen-bond acceptors (Lipinski definition) is 3. The summed E-state index contributed by atoms with van der Waals surface area (Å²) >= 11 is 0. The molecular formula is C16H21NO3. The fraction of sp³-hybridized carbons (Fsp3) is 0.312. The van der Waals surface area contributed by atoms with Gasteiger partial charge in [-0.15, -0.1) is 13.2 Å². The highest BCUT2D eigenvalue weighted by Gasteiger charge is 2.21. The van der Waals surface area contributed by atoms with Gasteiger partial charge in [-0.3, -0.25) is 4.90 Å². The first-order chi connectivity index (χ1) is 9.47. The van der Waals surface area contributed by atoms with Crippen molar-refractivity contribution < 1.29 is 14.6 Å². The maximum Gasteiger partial charge on any atom is 0.414 e. The first-order valence-corrected chi connectivity index (χ1v) is 6.37. The van der Waals surface area contributed by atoms with E-state index < -0.39 is 6.09 Å². The number of methoxy groups -OCH3 is 1. The number of carbonyl (C=O) groups excluding carboxylic acids is 1. The summed E-state index contributed by atoms with van der Waals surface area (Å²) in [7, 11) is 1.33. The summed E-state index contributed by atoms with van der Waals surface area (Å²) < 4.78 is 4.79. The van der Waals surface area contributed by atoms with Crippen LogP contribution in [0.4, 0.5) is 10.5 Å². The molecule has 0 atom stereocenters. The van der Waals surface area contributed by atoms with Crippen LogP contribution in [0.5, 0.6) is 5.75 Å². The quantitative estimate of drug-likeness (QED) is 0.837. The summed E-state index contributed by atoms with van der Waals surface area (Å²) in [6.45, 7) is 11.4. The molecule has 0 aromatic heterocycles. The third-order valence-electron chi connectivity index (χ3n) is 3.24.